The average molecular weight is 288 g/mol. The molecule has 5 heteroatoms. The van der Waals surface area contributed by atoms with Gasteiger partial charge in [-0.05, 0) is 49.4 Å². The number of nitrogens with one attached hydrogen (secondary N) is 2. The van der Waals surface area contributed by atoms with E-state index in [2.05, 4.69) is 10.6 Å². The maximum atomic E-state index is 12.3. The van der Waals surface area contributed by atoms with Crippen LogP contribution in [0.5, 0.6) is 0 Å². The van der Waals surface area contributed by atoms with Crippen molar-refractivity contribution >= 4 is 17.6 Å². The van der Waals surface area contributed by atoms with Gasteiger partial charge in [-0.3, -0.25) is 9.59 Å². The zero-order valence-corrected chi connectivity index (χ0v) is 11.9. The van der Waals surface area contributed by atoms with Crippen molar-refractivity contribution in [2.45, 2.75) is 38.1 Å². The van der Waals surface area contributed by atoms with E-state index in [0.29, 0.717) is 18.4 Å². The number of fused-ring (bicyclic) bond motifs is 1. The molecule has 21 heavy (non-hydrogen) atoms. The Morgan fingerprint density at radius 1 is 1.29 bits per heavy atom. The molecule has 0 bridgehead atoms. The summed E-state index contributed by atoms with van der Waals surface area (Å²) in [4.78, 5) is 23.4. The summed E-state index contributed by atoms with van der Waals surface area (Å²) in [6.07, 6.45) is 3.92. The predicted molar refractivity (Wildman–Crippen MR) is 79.5 cm³/mol. The number of carbonyl (C=O) groups is 2. The number of carbonyl (C=O) groups excluding carboxylic acids is 1. The van der Waals surface area contributed by atoms with E-state index in [9.17, 15) is 9.59 Å². The van der Waals surface area contributed by atoms with Gasteiger partial charge in [0.05, 0.1) is 5.92 Å². The molecule has 1 aromatic rings. The molecular weight excluding hydrogens is 268 g/mol. The van der Waals surface area contributed by atoms with Crippen LogP contribution in [0.2, 0.25) is 0 Å². The Balaban J connectivity index is 1.64. The number of aliphatic carboxylic acids is 1. The second-order valence-corrected chi connectivity index (χ2v) is 5.92. The zero-order chi connectivity index (χ0) is 14.8. The molecule has 3 rings (SSSR count). The van der Waals surface area contributed by atoms with E-state index in [1.165, 1.54) is 5.56 Å². The fourth-order valence-corrected chi connectivity index (χ4v) is 3.26. The molecule has 0 aromatic heterocycles. The van der Waals surface area contributed by atoms with Crippen LogP contribution < -0.4 is 10.6 Å². The van der Waals surface area contributed by atoms with Gasteiger partial charge >= 0.3 is 5.97 Å². The van der Waals surface area contributed by atoms with Crippen LogP contribution in [-0.2, 0) is 11.2 Å². The van der Waals surface area contributed by atoms with E-state index in [1.54, 1.807) is 0 Å². The van der Waals surface area contributed by atoms with Gasteiger partial charge in [0.2, 0.25) is 0 Å². The highest BCUT2D eigenvalue weighted by Crippen LogP contribution is 2.26. The van der Waals surface area contributed by atoms with Crippen LogP contribution >= 0.6 is 0 Å². The molecule has 2 atom stereocenters. The molecule has 1 fully saturated rings. The first-order valence-electron chi connectivity index (χ1n) is 7.54. The molecule has 1 amide bonds. The van der Waals surface area contributed by atoms with E-state index >= 15 is 0 Å². The molecule has 3 N–H and O–H groups in total. The van der Waals surface area contributed by atoms with Gasteiger partial charge in [-0.2, -0.15) is 0 Å². The van der Waals surface area contributed by atoms with E-state index in [0.717, 1.165) is 31.5 Å². The standard InChI is InChI=1S/C16H20N2O3/c19-15(11-4-5-14-10(8-11)6-7-17-14)18-13-3-1-2-12(9-13)16(20)21/h4-5,8,12-13,17H,1-3,6-7,9H2,(H,18,19)(H,20,21). The monoisotopic (exact) mass is 288 g/mol. The molecule has 1 aromatic carbocycles. The van der Waals surface area contributed by atoms with Crippen molar-refractivity contribution in [2.24, 2.45) is 5.92 Å². The highest BCUT2D eigenvalue weighted by Gasteiger charge is 2.28. The number of anilines is 1. The van der Waals surface area contributed by atoms with Gasteiger partial charge in [0.15, 0.2) is 0 Å². The molecule has 1 aliphatic carbocycles. The number of benzene rings is 1. The summed E-state index contributed by atoms with van der Waals surface area (Å²) in [6.45, 7) is 0.920. The quantitative estimate of drug-likeness (QED) is 0.795. The van der Waals surface area contributed by atoms with Gasteiger partial charge in [-0.15, -0.1) is 0 Å². The minimum absolute atomic E-state index is 0.0290. The van der Waals surface area contributed by atoms with Crippen molar-refractivity contribution in [3.8, 4) is 0 Å². The summed E-state index contributed by atoms with van der Waals surface area (Å²) in [5.74, 6) is -1.17. The average Bonchev–Trinajstić information content (AvgIpc) is 2.94. The topological polar surface area (TPSA) is 78.4 Å². The lowest BCUT2D eigenvalue weighted by Crippen LogP contribution is -2.39. The second-order valence-electron chi connectivity index (χ2n) is 5.92. The van der Waals surface area contributed by atoms with Crippen LogP contribution in [0.25, 0.3) is 0 Å². The minimum atomic E-state index is -0.752. The Labute approximate surface area is 123 Å². The third kappa shape index (κ3) is 3.01. The Bertz CT molecular complexity index is 571. The first-order chi connectivity index (χ1) is 10.1. The Morgan fingerprint density at radius 3 is 2.95 bits per heavy atom. The number of amides is 1. The fourth-order valence-electron chi connectivity index (χ4n) is 3.26. The van der Waals surface area contributed by atoms with Gasteiger partial charge in [0.1, 0.15) is 0 Å². The molecular formula is C16H20N2O3. The number of hydrogen-bond acceptors (Lipinski definition) is 3. The Kier molecular flexibility index (Phi) is 3.82. The van der Waals surface area contributed by atoms with E-state index < -0.39 is 5.97 Å². The van der Waals surface area contributed by atoms with E-state index in [1.807, 2.05) is 18.2 Å². The van der Waals surface area contributed by atoms with Crippen molar-refractivity contribution < 1.29 is 14.7 Å². The smallest absolute Gasteiger partial charge is 0.306 e. The molecule has 1 saturated carbocycles. The number of rotatable bonds is 3. The first kappa shape index (κ1) is 13.9. The first-order valence-corrected chi connectivity index (χ1v) is 7.54. The predicted octanol–water partition coefficient (Wildman–Crippen LogP) is 2.03. The van der Waals surface area contributed by atoms with Crippen molar-refractivity contribution in [3.05, 3.63) is 29.3 Å². The van der Waals surface area contributed by atoms with Crippen LogP contribution in [-0.4, -0.2) is 29.6 Å². The van der Waals surface area contributed by atoms with Crippen LogP contribution in [0.4, 0.5) is 5.69 Å². The Morgan fingerprint density at radius 2 is 2.14 bits per heavy atom. The molecule has 5 nitrogen and oxygen atoms in total. The maximum Gasteiger partial charge on any atom is 0.306 e. The Hall–Kier alpha value is -2.04. The SMILES string of the molecule is O=C(NC1CCCC(C(=O)O)C1)c1ccc2c(c1)CCN2. The van der Waals surface area contributed by atoms with Crippen molar-refractivity contribution in [1.29, 1.82) is 0 Å². The highest BCUT2D eigenvalue weighted by atomic mass is 16.4. The van der Waals surface area contributed by atoms with Crippen molar-refractivity contribution in [3.63, 3.8) is 0 Å². The summed E-state index contributed by atoms with van der Waals surface area (Å²) >= 11 is 0. The highest BCUT2D eigenvalue weighted by molar-refractivity contribution is 5.95. The molecule has 1 heterocycles. The van der Waals surface area contributed by atoms with E-state index in [4.69, 9.17) is 5.11 Å². The minimum Gasteiger partial charge on any atom is -0.481 e. The summed E-state index contributed by atoms with van der Waals surface area (Å²) in [5.41, 5.74) is 2.94. The van der Waals surface area contributed by atoms with Crippen LogP contribution in [0, 0.1) is 5.92 Å². The summed E-state index contributed by atoms with van der Waals surface area (Å²) in [6, 6.07) is 5.67. The van der Waals surface area contributed by atoms with Gasteiger partial charge in [-0.1, -0.05) is 6.42 Å². The van der Waals surface area contributed by atoms with Gasteiger partial charge in [-0.25, -0.2) is 0 Å². The lowest BCUT2D eigenvalue weighted by Gasteiger charge is -2.27. The third-order valence-electron chi connectivity index (χ3n) is 4.44. The molecule has 0 radical (unpaired) electrons. The number of carboxylic acid groups (broad SMARTS) is 1. The van der Waals surface area contributed by atoms with Crippen molar-refractivity contribution in [2.75, 3.05) is 11.9 Å². The van der Waals surface area contributed by atoms with Gasteiger partial charge in [0.25, 0.3) is 5.91 Å². The van der Waals surface area contributed by atoms with Crippen LogP contribution in [0.1, 0.15) is 41.6 Å². The second kappa shape index (κ2) is 5.76. The lowest BCUT2D eigenvalue weighted by molar-refractivity contribution is -0.143. The summed E-state index contributed by atoms with van der Waals surface area (Å²) < 4.78 is 0. The molecule has 2 aliphatic rings. The lowest BCUT2D eigenvalue weighted by atomic mass is 9.85. The van der Waals surface area contributed by atoms with Gasteiger partial charge in [0, 0.05) is 23.8 Å². The van der Waals surface area contributed by atoms with Gasteiger partial charge < -0.3 is 15.7 Å². The number of hydrogen-bond donors (Lipinski definition) is 3. The van der Waals surface area contributed by atoms with Crippen LogP contribution in [0.15, 0.2) is 18.2 Å². The molecule has 1 aliphatic heterocycles. The molecule has 0 saturated heterocycles. The summed E-state index contributed by atoms with van der Waals surface area (Å²) in [7, 11) is 0. The van der Waals surface area contributed by atoms with E-state index in [-0.39, 0.29) is 17.9 Å². The normalized spacial score (nSPS) is 24.0. The molecule has 2 unspecified atom stereocenters. The maximum absolute atomic E-state index is 12.3. The fraction of sp³-hybridized carbons (Fsp3) is 0.500. The zero-order valence-electron chi connectivity index (χ0n) is 11.9. The van der Waals surface area contributed by atoms with Crippen molar-refractivity contribution in [1.82, 2.24) is 5.32 Å². The third-order valence-corrected chi connectivity index (χ3v) is 4.44. The largest absolute Gasteiger partial charge is 0.481 e. The molecule has 112 valence electrons. The van der Waals surface area contributed by atoms with Crippen LogP contribution in [0.3, 0.4) is 0 Å². The molecule has 0 spiro atoms. The number of carboxylic acids is 1. The summed E-state index contributed by atoms with van der Waals surface area (Å²) in [5, 5.41) is 15.4.